The van der Waals surface area contributed by atoms with E-state index >= 15 is 0 Å². The van der Waals surface area contributed by atoms with Crippen LogP contribution in [-0.2, 0) is 6.42 Å². The van der Waals surface area contributed by atoms with Crippen molar-refractivity contribution in [2.75, 3.05) is 24.3 Å². The Balaban J connectivity index is 2.12. The van der Waals surface area contributed by atoms with Gasteiger partial charge < -0.3 is 15.4 Å². The van der Waals surface area contributed by atoms with E-state index in [9.17, 15) is 4.39 Å². The fourth-order valence-corrected chi connectivity index (χ4v) is 2.89. The highest BCUT2D eigenvalue weighted by Gasteiger charge is 2.20. The van der Waals surface area contributed by atoms with Gasteiger partial charge in [0.05, 0.1) is 18.5 Å². The van der Waals surface area contributed by atoms with Crippen LogP contribution >= 0.6 is 0 Å². The molecule has 0 atom stereocenters. The Kier molecular flexibility index (Phi) is 3.69. The smallest absolute Gasteiger partial charge is 0.167 e. The van der Waals surface area contributed by atoms with Gasteiger partial charge >= 0.3 is 0 Å². The maximum atomic E-state index is 13.8. The molecule has 0 aliphatic carbocycles. The Hall–Kier alpha value is -2.23. The molecule has 3 nitrogen and oxygen atoms in total. The third-order valence-electron chi connectivity index (χ3n) is 3.95. The molecule has 1 aliphatic heterocycles. The number of para-hydroxylation sites is 1. The predicted molar refractivity (Wildman–Crippen MR) is 83.8 cm³/mol. The number of ether oxygens (including phenoxy) is 1. The van der Waals surface area contributed by atoms with Crippen molar-refractivity contribution in [3.05, 3.63) is 47.8 Å². The quantitative estimate of drug-likeness (QED) is 0.851. The maximum absolute atomic E-state index is 13.8. The van der Waals surface area contributed by atoms with E-state index in [1.807, 2.05) is 6.07 Å². The van der Waals surface area contributed by atoms with Crippen molar-refractivity contribution in [2.24, 2.45) is 0 Å². The summed E-state index contributed by atoms with van der Waals surface area (Å²) in [4.78, 5) is 2.17. The topological polar surface area (TPSA) is 38.5 Å². The first-order valence-corrected chi connectivity index (χ1v) is 7.19. The van der Waals surface area contributed by atoms with Crippen molar-refractivity contribution >= 4 is 17.1 Å². The molecule has 0 saturated heterocycles. The highest BCUT2D eigenvalue weighted by Crippen LogP contribution is 2.38. The lowest BCUT2D eigenvalue weighted by Gasteiger charge is -2.27. The van der Waals surface area contributed by atoms with Gasteiger partial charge in [0.2, 0.25) is 0 Å². The number of halogens is 1. The minimum absolute atomic E-state index is 0.223. The summed E-state index contributed by atoms with van der Waals surface area (Å²) in [5.74, 6) is -0.206. The van der Waals surface area contributed by atoms with Gasteiger partial charge in [-0.25, -0.2) is 4.39 Å². The van der Waals surface area contributed by atoms with Crippen LogP contribution in [0, 0.1) is 5.82 Å². The van der Waals surface area contributed by atoms with Crippen molar-refractivity contribution in [3.63, 3.8) is 0 Å². The Morgan fingerprint density at radius 1 is 1.14 bits per heavy atom. The molecule has 110 valence electrons. The minimum atomic E-state index is -0.429. The van der Waals surface area contributed by atoms with Gasteiger partial charge in [-0.05, 0) is 30.9 Å². The molecule has 2 aromatic carbocycles. The SMILES string of the molecule is COc1cc(N2CCCCc3ccccc32)c(N)cc1F. The summed E-state index contributed by atoms with van der Waals surface area (Å²) in [6, 6.07) is 11.3. The molecular formula is C17H19FN2O. The van der Waals surface area contributed by atoms with Crippen molar-refractivity contribution in [1.82, 2.24) is 0 Å². The van der Waals surface area contributed by atoms with Crippen molar-refractivity contribution in [2.45, 2.75) is 19.3 Å². The van der Waals surface area contributed by atoms with E-state index in [0.717, 1.165) is 37.2 Å². The zero-order valence-electron chi connectivity index (χ0n) is 12.1. The Labute approximate surface area is 124 Å². The van der Waals surface area contributed by atoms with E-state index in [1.165, 1.54) is 18.7 Å². The number of fused-ring (bicyclic) bond motifs is 1. The van der Waals surface area contributed by atoms with Crippen LogP contribution in [0.15, 0.2) is 36.4 Å². The standard InChI is InChI=1S/C17H19FN2O/c1-21-17-11-16(14(19)10-13(17)18)20-9-5-4-7-12-6-2-3-8-15(12)20/h2-3,6,8,10-11H,4-5,7,9,19H2,1H3. The molecule has 0 fully saturated rings. The lowest BCUT2D eigenvalue weighted by Crippen LogP contribution is -2.19. The zero-order chi connectivity index (χ0) is 14.8. The number of methoxy groups -OCH3 is 1. The van der Waals surface area contributed by atoms with Crippen molar-refractivity contribution in [1.29, 1.82) is 0 Å². The Bertz CT molecular complexity index is 657. The second-order valence-corrected chi connectivity index (χ2v) is 5.28. The lowest BCUT2D eigenvalue weighted by molar-refractivity contribution is 0.387. The Morgan fingerprint density at radius 3 is 2.76 bits per heavy atom. The second-order valence-electron chi connectivity index (χ2n) is 5.28. The summed E-state index contributed by atoms with van der Waals surface area (Å²) in [6.07, 6.45) is 3.28. The summed E-state index contributed by atoms with van der Waals surface area (Å²) in [5.41, 5.74) is 9.74. The molecule has 2 aromatic rings. The fraction of sp³-hybridized carbons (Fsp3) is 0.294. The molecular weight excluding hydrogens is 267 g/mol. The predicted octanol–water partition coefficient (Wildman–Crippen LogP) is 3.89. The number of benzene rings is 2. The van der Waals surface area contributed by atoms with Crippen LogP contribution in [0.25, 0.3) is 0 Å². The molecule has 21 heavy (non-hydrogen) atoms. The van der Waals surface area contributed by atoms with E-state index in [0.29, 0.717) is 5.69 Å². The first-order valence-electron chi connectivity index (χ1n) is 7.19. The van der Waals surface area contributed by atoms with Crippen LogP contribution in [0.5, 0.6) is 5.75 Å². The third kappa shape index (κ3) is 2.53. The van der Waals surface area contributed by atoms with E-state index in [1.54, 1.807) is 6.07 Å². The van der Waals surface area contributed by atoms with E-state index in [4.69, 9.17) is 10.5 Å². The molecule has 2 N–H and O–H groups in total. The normalized spacial score (nSPS) is 14.5. The number of nitrogen functional groups attached to an aromatic ring is 1. The average Bonchev–Trinajstić information content (AvgIpc) is 2.70. The van der Waals surface area contributed by atoms with Crippen LogP contribution in [0.4, 0.5) is 21.5 Å². The van der Waals surface area contributed by atoms with Crippen LogP contribution in [0.2, 0.25) is 0 Å². The van der Waals surface area contributed by atoms with Crippen molar-refractivity contribution < 1.29 is 9.13 Å². The molecule has 1 aliphatic rings. The van der Waals surface area contributed by atoms with Crippen LogP contribution in [0.3, 0.4) is 0 Å². The summed E-state index contributed by atoms with van der Waals surface area (Å²) in [6.45, 7) is 0.871. The molecule has 0 saturated carbocycles. The molecule has 0 aromatic heterocycles. The summed E-state index contributed by atoms with van der Waals surface area (Å²) >= 11 is 0. The fourth-order valence-electron chi connectivity index (χ4n) is 2.89. The number of nitrogens with two attached hydrogens (primary N) is 1. The highest BCUT2D eigenvalue weighted by molar-refractivity contribution is 5.78. The number of aryl methyl sites for hydroxylation is 1. The molecule has 0 amide bonds. The van der Waals surface area contributed by atoms with Gasteiger partial charge in [0, 0.05) is 24.4 Å². The van der Waals surface area contributed by atoms with Gasteiger partial charge in [-0.3, -0.25) is 0 Å². The third-order valence-corrected chi connectivity index (χ3v) is 3.95. The summed E-state index contributed by atoms with van der Waals surface area (Å²) in [5, 5.41) is 0. The van der Waals surface area contributed by atoms with Gasteiger partial charge in [0.25, 0.3) is 0 Å². The Morgan fingerprint density at radius 2 is 1.95 bits per heavy atom. The van der Waals surface area contributed by atoms with Crippen LogP contribution < -0.4 is 15.4 Å². The van der Waals surface area contributed by atoms with E-state index in [-0.39, 0.29) is 5.75 Å². The molecule has 1 heterocycles. The van der Waals surface area contributed by atoms with Gasteiger partial charge in [0.15, 0.2) is 11.6 Å². The summed E-state index contributed by atoms with van der Waals surface area (Å²) < 4.78 is 18.8. The molecule has 0 unspecified atom stereocenters. The van der Waals surface area contributed by atoms with Gasteiger partial charge in [-0.2, -0.15) is 0 Å². The largest absolute Gasteiger partial charge is 0.494 e. The minimum Gasteiger partial charge on any atom is -0.494 e. The number of anilines is 3. The highest BCUT2D eigenvalue weighted by atomic mass is 19.1. The van der Waals surface area contributed by atoms with E-state index in [2.05, 4.69) is 23.1 Å². The molecule has 0 bridgehead atoms. The first-order chi connectivity index (χ1) is 10.2. The molecule has 3 rings (SSSR count). The monoisotopic (exact) mass is 286 g/mol. The molecule has 0 spiro atoms. The van der Waals surface area contributed by atoms with Gasteiger partial charge in [-0.1, -0.05) is 18.2 Å². The summed E-state index contributed by atoms with van der Waals surface area (Å²) in [7, 11) is 1.47. The number of nitrogens with zero attached hydrogens (tertiary/aromatic N) is 1. The number of hydrogen-bond donors (Lipinski definition) is 1. The van der Waals surface area contributed by atoms with Crippen LogP contribution in [-0.4, -0.2) is 13.7 Å². The maximum Gasteiger partial charge on any atom is 0.167 e. The zero-order valence-corrected chi connectivity index (χ0v) is 12.1. The average molecular weight is 286 g/mol. The number of rotatable bonds is 2. The van der Waals surface area contributed by atoms with Crippen LogP contribution in [0.1, 0.15) is 18.4 Å². The number of hydrogen-bond acceptors (Lipinski definition) is 3. The molecule has 4 heteroatoms. The van der Waals surface area contributed by atoms with Gasteiger partial charge in [0.1, 0.15) is 0 Å². The second kappa shape index (κ2) is 5.64. The van der Waals surface area contributed by atoms with Crippen molar-refractivity contribution in [3.8, 4) is 5.75 Å². The van der Waals surface area contributed by atoms with Gasteiger partial charge in [-0.15, -0.1) is 0 Å². The lowest BCUT2D eigenvalue weighted by atomic mass is 10.1. The van der Waals surface area contributed by atoms with E-state index < -0.39 is 5.82 Å². The molecule has 0 radical (unpaired) electrons. The first kappa shape index (κ1) is 13.7.